The largest absolute Gasteiger partial charge is 0.508 e. The van der Waals surface area contributed by atoms with Crippen LogP contribution in [-0.4, -0.2) is 5.11 Å². The van der Waals surface area contributed by atoms with Crippen molar-refractivity contribution in [1.29, 1.82) is 0 Å². The Morgan fingerprint density at radius 1 is 0.833 bits per heavy atom. The molecular formula is C13H12Br2Cl2O. The fraction of sp³-hybridized carbons (Fsp3) is 0.0769. The maximum atomic E-state index is 8.88. The van der Waals surface area contributed by atoms with Crippen LogP contribution in [0.3, 0.4) is 0 Å². The second-order valence-corrected chi connectivity index (χ2v) is 5.77. The Kier molecular flexibility index (Phi) is 8.70. The van der Waals surface area contributed by atoms with E-state index in [9.17, 15) is 0 Å². The first-order chi connectivity index (χ1) is 7.97. The fourth-order valence-corrected chi connectivity index (χ4v) is 2.56. The smallest absolute Gasteiger partial charge is 0.118 e. The molecule has 0 heterocycles. The van der Waals surface area contributed by atoms with Crippen molar-refractivity contribution in [3.63, 3.8) is 0 Å². The molecule has 0 radical (unpaired) electrons. The van der Waals surface area contributed by atoms with Crippen molar-refractivity contribution >= 4 is 55.1 Å². The Bertz CT molecular complexity index is 436. The van der Waals surface area contributed by atoms with Crippen LogP contribution in [0, 0.1) is 0 Å². The van der Waals surface area contributed by atoms with Gasteiger partial charge >= 0.3 is 0 Å². The summed E-state index contributed by atoms with van der Waals surface area (Å²) in [5.74, 6) is 0.175. The molecule has 0 aliphatic rings. The van der Waals surface area contributed by atoms with Gasteiger partial charge in [0, 0.05) is 19.0 Å². The van der Waals surface area contributed by atoms with Crippen molar-refractivity contribution in [2.24, 2.45) is 0 Å². The molecule has 0 saturated heterocycles. The molecule has 2 aromatic carbocycles. The molecule has 0 aliphatic heterocycles. The van der Waals surface area contributed by atoms with Gasteiger partial charge in [0.2, 0.25) is 0 Å². The summed E-state index contributed by atoms with van der Waals surface area (Å²) in [6.07, 6.45) is 0. The van der Waals surface area contributed by atoms with Gasteiger partial charge in [0.15, 0.2) is 0 Å². The Hall–Kier alpha value is -0.220. The molecule has 0 aliphatic carbocycles. The zero-order valence-corrected chi connectivity index (χ0v) is 13.2. The molecule has 0 fully saturated rings. The molecule has 0 bridgehead atoms. The first-order valence-corrected chi connectivity index (χ1v) is 6.87. The van der Waals surface area contributed by atoms with E-state index < -0.39 is 0 Å². The summed E-state index contributed by atoms with van der Waals surface area (Å²) in [6, 6.07) is 12.3. The van der Waals surface area contributed by atoms with E-state index >= 15 is 0 Å². The van der Waals surface area contributed by atoms with E-state index in [4.69, 9.17) is 28.3 Å². The van der Waals surface area contributed by atoms with Gasteiger partial charge in [0.25, 0.3) is 0 Å². The van der Waals surface area contributed by atoms with E-state index in [1.165, 1.54) is 6.07 Å². The lowest BCUT2D eigenvalue weighted by Crippen LogP contribution is -1.66. The Morgan fingerprint density at radius 3 is 1.83 bits per heavy atom. The standard InChI is InChI=1S/C6H4BrClO.C6H4BrCl.CH4/c7-4-1-5(8)3-6(9)2-4;7-5-2-1-3-6(8)4-5;/h1-3,9H;1-4H;1H4. The highest BCUT2D eigenvalue weighted by Gasteiger charge is 1.92. The van der Waals surface area contributed by atoms with E-state index in [-0.39, 0.29) is 13.2 Å². The van der Waals surface area contributed by atoms with Crippen molar-refractivity contribution < 1.29 is 5.11 Å². The summed E-state index contributed by atoms with van der Waals surface area (Å²) in [4.78, 5) is 0. The highest BCUT2D eigenvalue weighted by atomic mass is 79.9. The number of rotatable bonds is 0. The molecule has 98 valence electrons. The van der Waals surface area contributed by atoms with Gasteiger partial charge in [0.1, 0.15) is 5.75 Å². The average Bonchev–Trinajstić information content (AvgIpc) is 2.15. The number of halogens is 4. The van der Waals surface area contributed by atoms with Crippen LogP contribution in [0.2, 0.25) is 10.0 Å². The normalized spacial score (nSPS) is 8.89. The third kappa shape index (κ3) is 7.27. The highest BCUT2D eigenvalue weighted by Crippen LogP contribution is 2.22. The molecule has 0 aromatic heterocycles. The van der Waals surface area contributed by atoms with E-state index in [0.717, 1.165) is 14.0 Å². The minimum absolute atomic E-state index is 0. The number of phenols is 1. The van der Waals surface area contributed by atoms with Crippen molar-refractivity contribution in [2.75, 3.05) is 0 Å². The van der Waals surface area contributed by atoms with Gasteiger partial charge in [-0.3, -0.25) is 0 Å². The van der Waals surface area contributed by atoms with Crippen molar-refractivity contribution in [1.82, 2.24) is 0 Å². The molecule has 1 N–H and O–H groups in total. The van der Waals surface area contributed by atoms with Crippen LogP contribution in [0.25, 0.3) is 0 Å². The zero-order valence-electron chi connectivity index (χ0n) is 8.50. The third-order valence-corrected chi connectivity index (χ3v) is 3.04. The third-order valence-electron chi connectivity index (χ3n) is 1.63. The van der Waals surface area contributed by atoms with Crippen LogP contribution < -0.4 is 0 Å². The second kappa shape index (κ2) is 8.81. The van der Waals surface area contributed by atoms with Gasteiger partial charge < -0.3 is 5.11 Å². The van der Waals surface area contributed by atoms with Crippen LogP contribution in [0.5, 0.6) is 5.75 Å². The number of aromatic hydroxyl groups is 1. The predicted octanol–water partition coefficient (Wildman–Crippen LogP) is 6.55. The SMILES string of the molecule is C.Clc1cccc(Br)c1.Oc1cc(Cl)cc(Br)c1. The van der Waals surface area contributed by atoms with E-state index in [1.807, 2.05) is 24.3 Å². The molecule has 5 heteroatoms. The van der Waals surface area contributed by atoms with Gasteiger partial charge in [-0.05, 0) is 36.4 Å². The van der Waals surface area contributed by atoms with Crippen molar-refractivity contribution in [3.8, 4) is 5.75 Å². The van der Waals surface area contributed by atoms with Gasteiger partial charge in [-0.2, -0.15) is 0 Å². The fourth-order valence-electron chi connectivity index (χ4n) is 0.999. The quantitative estimate of drug-likeness (QED) is 0.518. The molecule has 1 nitrogen and oxygen atoms in total. The topological polar surface area (TPSA) is 20.2 Å². The van der Waals surface area contributed by atoms with E-state index in [1.54, 1.807) is 12.1 Å². The Morgan fingerprint density at radius 2 is 1.44 bits per heavy atom. The molecule has 2 rings (SSSR count). The van der Waals surface area contributed by atoms with E-state index in [2.05, 4.69) is 31.9 Å². The maximum absolute atomic E-state index is 8.88. The first kappa shape index (κ1) is 17.8. The highest BCUT2D eigenvalue weighted by molar-refractivity contribution is 9.10. The number of hydrogen-bond donors (Lipinski definition) is 1. The Labute approximate surface area is 134 Å². The summed E-state index contributed by atoms with van der Waals surface area (Å²) >= 11 is 17.6. The predicted molar refractivity (Wildman–Crippen MR) is 86.7 cm³/mol. The maximum Gasteiger partial charge on any atom is 0.118 e. The number of benzene rings is 2. The molecular weight excluding hydrogens is 403 g/mol. The number of phenolic OH excluding ortho intramolecular Hbond substituents is 1. The van der Waals surface area contributed by atoms with Crippen molar-refractivity contribution in [3.05, 3.63) is 61.5 Å². The molecule has 0 amide bonds. The summed E-state index contributed by atoms with van der Waals surface area (Å²) in [5.41, 5.74) is 0. The second-order valence-electron chi connectivity index (χ2n) is 3.07. The lowest BCUT2D eigenvalue weighted by atomic mass is 10.3. The lowest BCUT2D eigenvalue weighted by Gasteiger charge is -1.92. The van der Waals surface area contributed by atoms with Crippen LogP contribution in [0.4, 0.5) is 0 Å². The van der Waals surface area contributed by atoms with Gasteiger partial charge in [-0.25, -0.2) is 0 Å². The van der Waals surface area contributed by atoms with E-state index in [0.29, 0.717) is 5.02 Å². The summed E-state index contributed by atoms with van der Waals surface area (Å²) in [5, 5.41) is 10.2. The monoisotopic (exact) mass is 412 g/mol. The minimum atomic E-state index is 0. The molecule has 0 spiro atoms. The molecule has 18 heavy (non-hydrogen) atoms. The van der Waals surface area contributed by atoms with Gasteiger partial charge in [-0.1, -0.05) is 68.6 Å². The average molecular weight is 415 g/mol. The zero-order chi connectivity index (χ0) is 12.8. The number of hydrogen-bond acceptors (Lipinski definition) is 1. The first-order valence-electron chi connectivity index (χ1n) is 4.53. The van der Waals surface area contributed by atoms with Gasteiger partial charge in [0.05, 0.1) is 0 Å². The van der Waals surface area contributed by atoms with Gasteiger partial charge in [-0.15, -0.1) is 0 Å². The molecule has 0 unspecified atom stereocenters. The summed E-state index contributed by atoms with van der Waals surface area (Å²) in [6.45, 7) is 0. The summed E-state index contributed by atoms with van der Waals surface area (Å²) < 4.78 is 1.80. The minimum Gasteiger partial charge on any atom is -0.508 e. The molecule has 0 atom stereocenters. The Balaban J connectivity index is 0.000000306. The van der Waals surface area contributed by atoms with Crippen LogP contribution in [0.1, 0.15) is 7.43 Å². The molecule has 2 aromatic rings. The van der Waals surface area contributed by atoms with Crippen LogP contribution in [0.15, 0.2) is 51.4 Å². The lowest BCUT2D eigenvalue weighted by molar-refractivity contribution is 0.475. The van der Waals surface area contributed by atoms with Crippen LogP contribution in [-0.2, 0) is 0 Å². The summed E-state index contributed by atoms with van der Waals surface area (Å²) in [7, 11) is 0. The van der Waals surface area contributed by atoms with Crippen molar-refractivity contribution in [2.45, 2.75) is 7.43 Å². The van der Waals surface area contributed by atoms with Crippen LogP contribution >= 0.6 is 55.1 Å². The molecule has 0 saturated carbocycles.